The molecule has 0 saturated carbocycles. The van der Waals surface area contributed by atoms with E-state index in [9.17, 15) is 0 Å². The summed E-state index contributed by atoms with van der Waals surface area (Å²) in [5.74, 6) is 0.234. The molecule has 5 heteroatoms. The first-order valence-electron chi connectivity index (χ1n) is 5.39. The molecule has 0 radical (unpaired) electrons. The summed E-state index contributed by atoms with van der Waals surface area (Å²) in [6, 6.07) is 2.51. The van der Waals surface area contributed by atoms with Crippen LogP contribution in [0.25, 0.3) is 0 Å². The number of nitrogens with one attached hydrogen (secondary N) is 1. The van der Waals surface area contributed by atoms with Gasteiger partial charge in [0.25, 0.3) is 0 Å². The van der Waals surface area contributed by atoms with Gasteiger partial charge in [-0.1, -0.05) is 6.92 Å². The van der Waals surface area contributed by atoms with Crippen molar-refractivity contribution in [2.75, 3.05) is 13.2 Å². The molecule has 0 aliphatic heterocycles. The second-order valence-electron chi connectivity index (χ2n) is 4.07. The first-order valence-corrected chi connectivity index (χ1v) is 7.06. The van der Waals surface area contributed by atoms with E-state index >= 15 is 0 Å². The van der Waals surface area contributed by atoms with Gasteiger partial charge in [-0.25, -0.2) is 0 Å². The maximum atomic E-state index is 9.09. The van der Waals surface area contributed by atoms with Gasteiger partial charge in [-0.3, -0.25) is 0 Å². The lowest BCUT2D eigenvalue weighted by Gasteiger charge is -2.25. The van der Waals surface area contributed by atoms with E-state index in [0.29, 0.717) is 6.54 Å². The van der Waals surface area contributed by atoms with Gasteiger partial charge in [-0.05, 0) is 34.8 Å². The Morgan fingerprint density at radius 2 is 2.25 bits per heavy atom. The molecule has 0 fully saturated rings. The molecule has 1 aromatic heterocycles. The van der Waals surface area contributed by atoms with Gasteiger partial charge in [0.2, 0.25) is 0 Å². The van der Waals surface area contributed by atoms with Crippen molar-refractivity contribution in [2.24, 2.45) is 11.7 Å². The number of rotatable bonds is 6. The summed E-state index contributed by atoms with van der Waals surface area (Å²) < 4.78 is 1.09. The first-order chi connectivity index (χ1) is 7.58. The van der Waals surface area contributed by atoms with Gasteiger partial charge in [0.15, 0.2) is 0 Å². The molecule has 0 aliphatic rings. The average Bonchev–Trinajstić information content (AvgIpc) is 2.71. The number of nitrogens with two attached hydrogens (primary N) is 1. The van der Waals surface area contributed by atoms with Crippen molar-refractivity contribution in [3.8, 4) is 0 Å². The number of halogens is 1. The van der Waals surface area contributed by atoms with Crippen molar-refractivity contribution in [2.45, 2.75) is 25.9 Å². The van der Waals surface area contributed by atoms with E-state index in [0.717, 1.165) is 4.47 Å². The summed E-state index contributed by atoms with van der Waals surface area (Å²) in [4.78, 5) is 1.23. The molecule has 16 heavy (non-hydrogen) atoms. The number of thiophene rings is 1. The SMILES string of the molecule is CC(CO)C(C)NC(CN)c1cc(Br)cs1. The van der Waals surface area contributed by atoms with Crippen LogP contribution < -0.4 is 11.1 Å². The smallest absolute Gasteiger partial charge is 0.0541 e. The molecular weight excluding hydrogens is 288 g/mol. The second kappa shape index (κ2) is 6.71. The van der Waals surface area contributed by atoms with E-state index in [-0.39, 0.29) is 24.6 Å². The van der Waals surface area contributed by atoms with Crippen LogP contribution in [0, 0.1) is 5.92 Å². The Kier molecular flexibility index (Phi) is 5.92. The molecular formula is C11H19BrN2OS. The van der Waals surface area contributed by atoms with Crippen LogP contribution in [-0.2, 0) is 0 Å². The Bertz CT molecular complexity index is 319. The Morgan fingerprint density at radius 3 is 2.69 bits per heavy atom. The Balaban J connectivity index is 2.62. The van der Waals surface area contributed by atoms with Crippen LogP contribution in [0.2, 0.25) is 0 Å². The molecule has 92 valence electrons. The van der Waals surface area contributed by atoms with Crippen LogP contribution >= 0.6 is 27.3 Å². The maximum absolute atomic E-state index is 9.09. The molecule has 0 spiro atoms. The van der Waals surface area contributed by atoms with Crippen molar-refractivity contribution in [3.05, 3.63) is 20.8 Å². The number of hydrogen-bond acceptors (Lipinski definition) is 4. The predicted molar refractivity (Wildman–Crippen MR) is 72.7 cm³/mol. The van der Waals surface area contributed by atoms with Crippen molar-refractivity contribution in [1.29, 1.82) is 0 Å². The van der Waals surface area contributed by atoms with Gasteiger partial charge in [-0.15, -0.1) is 11.3 Å². The second-order valence-corrected chi connectivity index (χ2v) is 5.93. The summed E-state index contributed by atoms with van der Waals surface area (Å²) in [7, 11) is 0. The van der Waals surface area contributed by atoms with E-state index in [1.54, 1.807) is 11.3 Å². The largest absolute Gasteiger partial charge is 0.396 e. The molecule has 3 nitrogen and oxygen atoms in total. The topological polar surface area (TPSA) is 58.3 Å². The van der Waals surface area contributed by atoms with E-state index in [4.69, 9.17) is 10.8 Å². The van der Waals surface area contributed by atoms with E-state index in [1.807, 2.05) is 6.92 Å². The fourth-order valence-corrected chi connectivity index (χ4v) is 2.94. The summed E-state index contributed by atoms with van der Waals surface area (Å²) in [6.07, 6.45) is 0. The highest BCUT2D eigenvalue weighted by molar-refractivity contribution is 9.10. The third-order valence-electron chi connectivity index (χ3n) is 2.77. The molecule has 0 saturated heterocycles. The summed E-state index contributed by atoms with van der Waals surface area (Å²) >= 11 is 5.13. The molecule has 1 rings (SSSR count). The van der Waals surface area contributed by atoms with Gasteiger partial charge in [0.1, 0.15) is 0 Å². The fraction of sp³-hybridized carbons (Fsp3) is 0.636. The van der Waals surface area contributed by atoms with E-state index < -0.39 is 0 Å². The quantitative estimate of drug-likeness (QED) is 0.754. The maximum Gasteiger partial charge on any atom is 0.0541 e. The minimum absolute atomic E-state index is 0.167. The third-order valence-corrected chi connectivity index (χ3v) is 4.58. The van der Waals surface area contributed by atoms with Gasteiger partial charge < -0.3 is 16.2 Å². The van der Waals surface area contributed by atoms with Gasteiger partial charge in [-0.2, -0.15) is 0 Å². The zero-order valence-electron chi connectivity index (χ0n) is 9.61. The summed E-state index contributed by atoms with van der Waals surface area (Å²) in [5.41, 5.74) is 5.77. The van der Waals surface area contributed by atoms with Crippen molar-refractivity contribution in [1.82, 2.24) is 5.32 Å². The first kappa shape index (κ1) is 14.1. The molecule has 3 unspecified atom stereocenters. The molecule has 4 N–H and O–H groups in total. The monoisotopic (exact) mass is 306 g/mol. The number of aliphatic hydroxyl groups is 1. The normalized spacial score (nSPS) is 17.1. The van der Waals surface area contributed by atoms with Crippen molar-refractivity contribution in [3.63, 3.8) is 0 Å². The van der Waals surface area contributed by atoms with Crippen LogP contribution in [0.5, 0.6) is 0 Å². The lowest BCUT2D eigenvalue weighted by Crippen LogP contribution is -2.39. The zero-order chi connectivity index (χ0) is 12.1. The van der Waals surface area contributed by atoms with Gasteiger partial charge in [0, 0.05) is 33.9 Å². The molecule has 1 heterocycles. The van der Waals surface area contributed by atoms with Crippen molar-refractivity contribution >= 4 is 27.3 Å². The molecule has 0 amide bonds. The standard InChI is InChI=1S/C11H19BrN2OS/c1-7(5-15)8(2)14-10(4-13)11-3-9(12)6-16-11/h3,6-8,10,14-15H,4-5,13H2,1-2H3. The Labute approximate surface area is 109 Å². The Hall–Kier alpha value is 0.0600. The lowest BCUT2D eigenvalue weighted by molar-refractivity contribution is 0.201. The van der Waals surface area contributed by atoms with Gasteiger partial charge >= 0.3 is 0 Å². The number of hydrogen-bond donors (Lipinski definition) is 3. The summed E-state index contributed by atoms with van der Waals surface area (Å²) in [5, 5.41) is 14.6. The molecule has 3 atom stereocenters. The highest BCUT2D eigenvalue weighted by atomic mass is 79.9. The minimum Gasteiger partial charge on any atom is -0.396 e. The molecule has 0 aromatic carbocycles. The summed E-state index contributed by atoms with van der Waals surface area (Å²) in [6.45, 7) is 4.86. The minimum atomic E-state index is 0.167. The highest BCUT2D eigenvalue weighted by Crippen LogP contribution is 2.25. The number of aliphatic hydroxyl groups excluding tert-OH is 1. The van der Waals surface area contributed by atoms with Crippen LogP contribution in [0.1, 0.15) is 24.8 Å². The fourth-order valence-electron chi connectivity index (χ4n) is 1.42. The van der Waals surface area contributed by atoms with Gasteiger partial charge in [0.05, 0.1) is 6.04 Å². The third kappa shape index (κ3) is 3.82. The van der Waals surface area contributed by atoms with Crippen LogP contribution in [0.4, 0.5) is 0 Å². The highest BCUT2D eigenvalue weighted by Gasteiger charge is 2.18. The average molecular weight is 307 g/mol. The molecule has 1 aromatic rings. The van der Waals surface area contributed by atoms with E-state index in [2.05, 4.69) is 39.6 Å². The van der Waals surface area contributed by atoms with Crippen LogP contribution in [-0.4, -0.2) is 24.3 Å². The Morgan fingerprint density at radius 1 is 1.56 bits per heavy atom. The van der Waals surface area contributed by atoms with E-state index in [1.165, 1.54) is 4.88 Å². The lowest BCUT2D eigenvalue weighted by atomic mass is 10.0. The zero-order valence-corrected chi connectivity index (χ0v) is 12.0. The van der Waals surface area contributed by atoms with Crippen LogP contribution in [0.15, 0.2) is 15.9 Å². The molecule has 0 bridgehead atoms. The molecule has 0 aliphatic carbocycles. The van der Waals surface area contributed by atoms with Crippen LogP contribution in [0.3, 0.4) is 0 Å². The predicted octanol–water partition coefficient (Wildman–Crippen LogP) is 2.12. The van der Waals surface area contributed by atoms with Crippen molar-refractivity contribution < 1.29 is 5.11 Å².